The van der Waals surface area contributed by atoms with Gasteiger partial charge in [-0.3, -0.25) is 4.79 Å². The Bertz CT molecular complexity index is 1030. The highest BCUT2D eigenvalue weighted by molar-refractivity contribution is 6.29. The van der Waals surface area contributed by atoms with Crippen LogP contribution in [-0.2, 0) is 6.42 Å². The molecule has 0 unspecified atom stereocenters. The van der Waals surface area contributed by atoms with Crippen molar-refractivity contribution in [3.8, 4) is 17.2 Å². The molecule has 0 spiro atoms. The molecule has 1 N–H and O–H groups in total. The number of rotatable bonds is 8. The van der Waals surface area contributed by atoms with Crippen LogP contribution in [0, 0.1) is 0 Å². The zero-order valence-electron chi connectivity index (χ0n) is 16.7. The molecule has 0 radical (unpaired) electrons. The Hall–Kier alpha value is -3.05. The summed E-state index contributed by atoms with van der Waals surface area (Å²) in [6, 6.07) is 17.3. The molecule has 3 aromatic rings. The quantitative estimate of drug-likeness (QED) is 0.494. The number of aromatic nitrogens is 1. The molecule has 154 valence electrons. The van der Waals surface area contributed by atoms with E-state index in [-0.39, 0.29) is 11.1 Å². The molecule has 1 heterocycles. The van der Waals surface area contributed by atoms with Crippen molar-refractivity contribution in [3.05, 3.63) is 82.6 Å². The fraction of sp³-hybridized carbons (Fsp3) is 0.250. The molecular weight excluding hydrogens is 400 g/mol. The third kappa shape index (κ3) is 5.10. The molecule has 0 bridgehead atoms. The molecule has 1 aliphatic carbocycles. The number of hydrogen-bond acceptors (Lipinski definition) is 4. The second-order valence-electron chi connectivity index (χ2n) is 7.31. The zero-order valence-corrected chi connectivity index (χ0v) is 17.5. The molecule has 0 saturated heterocycles. The first kappa shape index (κ1) is 20.2. The lowest BCUT2D eigenvalue weighted by atomic mass is 10.1. The number of pyridine rings is 1. The largest absolute Gasteiger partial charge is 0.497 e. The Morgan fingerprint density at radius 2 is 1.93 bits per heavy atom. The molecule has 4 rings (SSSR count). The van der Waals surface area contributed by atoms with Crippen LogP contribution in [-0.4, -0.2) is 24.5 Å². The molecule has 1 amide bonds. The molecule has 1 fully saturated rings. The summed E-state index contributed by atoms with van der Waals surface area (Å²) in [4.78, 5) is 16.9. The second kappa shape index (κ2) is 9.18. The van der Waals surface area contributed by atoms with E-state index in [4.69, 9.17) is 21.1 Å². The number of hydrogen-bond donors (Lipinski definition) is 1. The first-order chi connectivity index (χ1) is 14.6. The minimum Gasteiger partial charge on any atom is -0.497 e. The SMILES string of the molecule is COc1ccc(CCNC(=O)c2cc(Cl)ncc2Oc2cccc(C3CC3)c2)cc1. The number of methoxy groups -OCH3 is 1. The summed E-state index contributed by atoms with van der Waals surface area (Å²) in [6.45, 7) is 0.488. The maximum Gasteiger partial charge on any atom is 0.255 e. The highest BCUT2D eigenvalue weighted by atomic mass is 35.5. The van der Waals surface area contributed by atoms with Crippen molar-refractivity contribution >= 4 is 17.5 Å². The average Bonchev–Trinajstić information content (AvgIpc) is 3.61. The summed E-state index contributed by atoms with van der Waals surface area (Å²) >= 11 is 6.04. The number of amides is 1. The van der Waals surface area contributed by atoms with Crippen LogP contribution < -0.4 is 14.8 Å². The second-order valence-corrected chi connectivity index (χ2v) is 7.69. The number of nitrogens with one attached hydrogen (secondary N) is 1. The highest BCUT2D eigenvalue weighted by Gasteiger charge is 2.24. The molecule has 1 saturated carbocycles. The topological polar surface area (TPSA) is 60.5 Å². The van der Waals surface area contributed by atoms with Gasteiger partial charge in [-0.05, 0) is 66.6 Å². The molecule has 30 heavy (non-hydrogen) atoms. The summed E-state index contributed by atoms with van der Waals surface area (Å²) < 4.78 is 11.2. The minimum absolute atomic E-state index is 0.245. The summed E-state index contributed by atoms with van der Waals surface area (Å²) in [6.07, 6.45) is 4.63. The lowest BCUT2D eigenvalue weighted by molar-refractivity contribution is 0.0951. The molecule has 0 aliphatic heterocycles. The van der Waals surface area contributed by atoms with Gasteiger partial charge in [0.1, 0.15) is 16.7 Å². The Labute approximate surface area is 181 Å². The van der Waals surface area contributed by atoms with E-state index in [0.29, 0.717) is 35.9 Å². The first-order valence-electron chi connectivity index (χ1n) is 9.97. The van der Waals surface area contributed by atoms with E-state index in [0.717, 1.165) is 11.3 Å². The maximum atomic E-state index is 12.8. The van der Waals surface area contributed by atoms with Crippen LogP contribution in [0.5, 0.6) is 17.2 Å². The summed E-state index contributed by atoms with van der Waals surface area (Å²) in [5.41, 5.74) is 2.73. The fourth-order valence-corrected chi connectivity index (χ4v) is 3.42. The van der Waals surface area contributed by atoms with Gasteiger partial charge in [0.15, 0.2) is 5.75 Å². The first-order valence-corrected chi connectivity index (χ1v) is 10.3. The van der Waals surface area contributed by atoms with Gasteiger partial charge in [-0.2, -0.15) is 0 Å². The van der Waals surface area contributed by atoms with Crippen molar-refractivity contribution < 1.29 is 14.3 Å². The van der Waals surface area contributed by atoms with Crippen molar-refractivity contribution in [1.82, 2.24) is 10.3 Å². The Morgan fingerprint density at radius 3 is 2.67 bits per heavy atom. The summed E-state index contributed by atoms with van der Waals surface area (Å²) in [5, 5.41) is 3.18. The molecule has 1 aromatic heterocycles. The van der Waals surface area contributed by atoms with Gasteiger partial charge in [0.25, 0.3) is 5.91 Å². The van der Waals surface area contributed by atoms with E-state index in [1.165, 1.54) is 30.7 Å². The molecule has 2 aromatic carbocycles. The molecule has 0 atom stereocenters. The lowest BCUT2D eigenvalue weighted by Crippen LogP contribution is -2.26. The predicted molar refractivity (Wildman–Crippen MR) is 117 cm³/mol. The standard InChI is InChI=1S/C24H23ClN2O3/c1-29-19-9-5-16(6-10-19)11-12-26-24(28)21-14-23(25)27-15-22(21)30-20-4-2-3-18(13-20)17-7-8-17/h2-6,9-10,13-15,17H,7-8,11-12H2,1H3,(H,26,28). The molecule has 6 heteroatoms. The third-order valence-electron chi connectivity index (χ3n) is 5.07. The van der Waals surface area contributed by atoms with E-state index in [2.05, 4.69) is 16.4 Å². The molecule has 1 aliphatic rings. The predicted octanol–water partition coefficient (Wildman–Crippen LogP) is 5.39. The number of halogens is 1. The summed E-state index contributed by atoms with van der Waals surface area (Å²) in [5.74, 6) is 2.26. The van der Waals surface area contributed by atoms with Crippen molar-refractivity contribution in [2.24, 2.45) is 0 Å². The van der Waals surface area contributed by atoms with Crippen LogP contribution in [0.4, 0.5) is 0 Å². The average molecular weight is 423 g/mol. The van der Waals surface area contributed by atoms with Crippen LogP contribution >= 0.6 is 11.6 Å². The Kier molecular flexibility index (Phi) is 6.19. The third-order valence-corrected chi connectivity index (χ3v) is 5.28. The van der Waals surface area contributed by atoms with E-state index >= 15 is 0 Å². The van der Waals surface area contributed by atoms with E-state index in [1.54, 1.807) is 7.11 Å². The Balaban J connectivity index is 1.42. The number of carbonyl (C=O) groups is 1. The number of benzene rings is 2. The monoisotopic (exact) mass is 422 g/mol. The van der Waals surface area contributed by atoms with Crippen molar-refractivity contribution in [1.29, 1.82) is 0 Å². The van der Waals surface area contributed by atoms with Gasteiger partial charge in [0.05, 0.1) is 18.9 Å². The lowest BCUT2D eigenvalue weighted by Gasteiger charge is -2.12. The maximum absolute atomic E-state index is 12.8. The van der Waals surface area contributed by atoms with Gasteiger partial charge in [0.2, 0.25) is 0 Å². The fourth-order valence-electron chi connectivity index (χ4n) is 3.26. The zero-order chi connectivity index (χ0) is 20.9. The number of nitrogens with zero attached hydrogens (tertiary/aromatic N) is 1. The van der Waals surface area contributed by atoms with Crippen molar-refractivity contribution in [2.45, 2.75) is 25.2 Å². The van der Waals surface area contributed by atoms with Crippen LogP contribution in [0.25, 0.3) is 0 Å². The number of ether oxygens (including phenoxy) is 2. The van der Waals surface area contributed by atoms with E-state index in [1.807, 2.05) is 42.5 Å². The highest BCUT2D eigenvalue weighted by Crippen LogP contribution is 2.41. The summed E-state index contributed by atoms with van der Waals surface area (Å²) in [7, 11) is 1.64. The molecule has 5 nitrogen and oxygen atoms in total. The van der Waals surface area contributed by atoms with Crippen LogP contribution in [0.15, 0.2) is 60.8 Å². The van der Waals surface area contributed by atoms with Crippen molar-refractivity contribution in [3.63, 3.8) is 0 Å². The molecular formula is C24H23ClN2O3. The van der Waals surface area contributed by atoms with Gasteiger partial charge in [-0.25, -0.2) is 4.98 Å². The normalized spacial score (nSPS) is 13.0. The van der Waals surface area contributed by atoms with Crippen LogP contribution in [0.2, 0.25) is 5.15 Å². The Morgan fingerprint density at radius 1 is 1.13 bits per heavy atom. The van der Waals surface area contributed by atoms with Gasteiger partial charge in [-0.1, -0.05) is 35.9 Å². The van der Waals surface area contributed by atoms with Gasteiger partial charge < -0.3 is 14.8 Å². The van der Waals surface area contributed by atoms with Crippen molar-refractivity contribution in [2.75, 3.05) is 13.7 Å². The smallest absolute Gasteiger partial charge is 0.255 e. The van der Waals surface area contributed by atoms with Gasteiger partial charge >= 0.3 is 0 Å². The van der Waals surface area contributed by atoms with Gasteiger partial charge in [-0.15, -0.1) is 0 Å². The number of carbonyl (C=O) groups excluding carboxylic acids is 1. The van der Waals surface area contributed by atoms with Crippen LogP contribution in [0.1, 0.15) is 40.2 Å². The van der Waals surface area contributed by atoms with Gasteiger partial charge in [0, 0.05) is 6.54 Å². The van der Waals surface area contributed by atoms with E-state index in [9.17, 15) is 4.79 Å². The van der Waals surface area contributed by atoms with E-state index < -0.39 is 0 Å². The van der Waals surface area contributed by atoms with Crippen LogP contribution in [0.3, 0.4) is 0 Å². The minimum atomic E-state index is -0.249.